The van der Waals surface area contributed by atoms with Crippen LogP contribution in [-0.4, -0.2) is 22.4 Å². The van der Waals surface area contributed by atoms with E-state index in [-0.39, 0.29) is 11.2 Å². The summed E-state index contributed by atoms with van der Waals surface area (Å²) in [6.07, 6.45) is 1.92. The highest BCUT2D eigenvalue weighted by Gasteiger charge is 2.13. The SMILES string of the molecule is CSC(C)C(=O)Nc1nc(-c2ccc(C(C)C)cc2)cs1. The van der Waals surface area contributed by atoms with Crippen LogP contribution in [0.1, 0.15) is 32.3 Å². The third-order valence-electron chi connectivity index (χ3n) is 3.33. The lowest BCUT2D eigenvalue weighted by Crippen LogP contribution is -2.21. The number of hydrogen-bond acceptors (Lipinski definition) is 4. The molecule has 1 heterocycles. The van der Waals surface area contributed by atoms with Crippen LogP contribution in [0.3, 0.4) is 0 Å². The van der Waals surface area contributed by atoms with Gasteiger partial charge < -0.3 is 5.32 Å². The first kappa shape index (κ1) is 16.0. The Morgan fingerprint density at radius 2 is 1.90 bits per heavy atom. The standard InChI is InChI=1S/C16H20N2OS2/c1-10(2)12-5-7-13(8-6-12)14-9-21-16(17-14)18-15(19)11(3)20-4/h5-11H,1-4H3,(H,17,18,19). The van der Waals surface area contributed by atoms with E-state index in [0.29, 0.717) is 11.0 Å². The van der Waals surface area contributed by atoms with Crippen molar-refractivity contribution >= 4 is 34.1 Å². The van der Waals surface area contributed by atoms with E-state index in [9.17, 15) is 4.79 Å². The molecule has 2 rings (SSSR count). The highest BCUT2D eigenvalue weighted by Crippen LogP contribution is 2.26. The van der Waals surface area contributed by atoms with E-state index < -0.39 is 0 Å². The number of nitrogens with zero attached hydrogens (tertiary/aromatic N) is 1. The van der Waals surface area contributed by atoms with Crippen molar-refractivity contribution < 1.29 is 4.79 Å². The van der Waals surface area contributed by atoms with E-state index in [4.69, 9.17) is 0 Å². The Bertz CT molecular complexity index is 605. The molecule has 3 nitrogen and oxygen atoms in total. The minimum Gasteiger partial charge on any atom is -0.301 e. The lowest BCUT2D eigenvalue weighted by atomic mass is 10.0. The molecule has 1 aromatic carbocycles. The van der Waals surface area contributed by atoms with Gasteiger partial charge in [-0.05, 0) is 24.7 Å². The average Bonchev–Trinajstić information content (AvgIpc) is 2.94. The maximum absolute atomic E-state index is 11.8. The molecule has 0 fully saturated rings. The van der Waals surface area contributed by atoms with Crippen LogP contribution in [0.25, 0.3) is 11.3 Å². The van der Waals surface area contributed by atoms with Gasteiger partial charge in [-0.1, -0.05) is 38.1 Å². The zero-order chi connectivity index (χ0) is 15.4. The second kappa shape index (κ2) is 7.09. The Morgan fingerprint density at radius 3 is 2.48 bits per heavy atom. The zero-order valence-electron chi connectivity index (χ0n) is 12.7. The number of anilines is 1. The van der Waals surface area contributed by atoms with Crippen molar-refractivity contribution in [1.82, 2.24) is 4.98 Å². The number of hydrogen-bond donors (Lipinski definition) is 1. The van der Waals surface area contributed by atoms with Crippen LogP contribution in [-0.2, 0) is 4.79 Å². The van der Waals surface area contributed by atoms with Crippen molar-refractivity contribution in [3.8, 4) is 11.3 Å². The fourth-order valence-corrected chi connectivity index (χ4v) is 2.81. The van der Waals surface area contributed by atoms with Crippen molar-refractivity contribution in [2.45, 2.75) is 31.9 Å². The van der Waals surface area contributed by atoms with Gasteiger partial charge >= 0.3 is 0 Å². The fraction of sp³-hybridized carbons (Fsp3) is 0.375. The summed E-state index contributed by atoms with van der Waals surface area (Å²) in [7, 11) is 0. The molecule has 5 heteroatoms. The topological polar surface area (TPSA) is 42.0 Å². The molecular weight excluding hydrogens is 300 g/mol. The summed E-state index contributed by atoms with van der Waals surface area (Å²) in [4.78, 5) is 16.3. The van der Waals surface area contributed by atoms with E-state index >= 15 is 0 Å². The van der Waals surface area contributed by atoms with Crippen LogP contribution in [0.2, 0.25) is 0 Å². The Morgan fingerprint density at radius 1 is 1.24 bits per heavy atom. The number of thiazole rings is 1. The van der Waals surface area contributed by atoms with Crippen LogP contribution in [0.4, 0.5) is 5.13 Å². The predicted octanol–water partition coefficient (Wildman–Crippen LogP) is 4.62. The van der Waals surface area contributed by atoms with Gasteiger partial charge in [0.05, 0.1) is 10.9 Å². The molecule has 1 atom stereocenters. The number of nitrogens with one attached hydrogen (secondary N) is 1. The summed E-state index contributed by atoms with van der Waals surface area (Å²) >= 11 is 2.98. The van der Waals surface area contributed by atoms with Gasteiger partial charge in [0.15, 0.2) is 5.13 Å². The molecule has 0 aliphatic heterocycles. The molecule has 0 saturated carbocycles. The molecule has 2 aromatic rings. The van der Waals surface area contributed by atoms with Crippen LogP contribution >= 0.6 is 23.1 Å². The van der Waals surface area contributed by atoms with Gasteiger partial charge in [0.2, 0.25) is 5.91 Å². The normalized spacial score (nSPS) is 12.4. The molecule has 0 aliphatic carbocycles. The summed E-state index contributed by atoms with van der Waals surface area (Å²) in [6.45, 7) is 6.25. The molecule has 0 radical (unpaired) electrons. The quantitative estimate of drug-likeness (QED) is 0.874. The molecule has 1 amide bonds. The number of aromatic nitrogens is 1. The third kappa shape index (κ3) is 4.08. The number of carbonyl (C=O) groups excluding carboxylic acids is 1. The Kier molecular flexibility index (Phi) is 5.42. The molecule has 0 spiro atoms. The maximum Gasteiger partial charge on any atom is 0.238 e. The summed E-state index contributed by atoms with van der Waals surface area (Å²) in [5.41, 5.74) is 3.30. The highest BCUT2D eigenvalue weighted by molar-refractivity contribution is 7.99. The van der Waals surface area contributed by atoms with E-state index in [1.54, 1.807) is 0 Å². The van der Waals surface area contributed by atoms with Gasteiger partial charge in [-0.3, -0.25) is 4.79 Å². The number of carbonyl (C=O) groups is 1. The molecule has 112 valence electrons. The fourth-order valence-electron chi connectivity index (χ4n) is 1.82. The van der Waals surface area contributed by atoms with Crippen molar-refractivity contribution in [3.05, 3.63) is 35.2 Å². The van der Waals surface area contributed by atoms with E-state index in [0.717, 1.165) is 11.3 Å². The van der Waals surface area contributed by atoms with E-state index in [1.807, 2.05) is 18.6 Å². The second-order valence-electron chi connectivity index (χ2n) is 5.18. The monoisotopic (exact) mass is 320 g/mol. The first-order valence-electron chi connectivity index (χ1n) is 6.90. The Labute approximate surface area is 134 Å². The van der Waals surface area contributed by atoms with Gasteiger partial charge in [0.1, 0.15) is 0 Å². The lowest BCUT2D eigenvalue weighted by molar-refractivity contribution is -0.115. The van der Waals surface area contributed by atoms with Crippen LogP contribution < -0.4 is 5.32 Å². The molecule has 1 N–H and O–H groups in total. The molecule has 21 heavy (non-hydrogen) atoms. The van der Waals surface area contributed by atoms with Gasteiger partial charge in [-0.15, -0.1) is 11.3 Å². The summed E-state index contributed by atoms with van der Waals surface area (Å²) in [6, 6.07) is 8.43. The summed E-state index contributed by atoms with van der Waals surface area (Å²) < 4.78 is 0. The van der Waals surface area contributed by atoms with E-state index in [1.165, 1.54) is 28.7 Å². The number of benzene rings is 1. The third-order valence-corrected chi connectivity index (χ3v) is 5.01. The molecule has 1 unspecified atom stereocenters. The first-order chi connectivity index (χ1) is 10.0. The van der Waals surface area contributed by atoms with Gasteiger partial charge in [-0.2, -0.15) is 11.8 Å². The molecule has 1 aromatic heterocycles. The van der Waals surface area contributed by atoms with Crippen LogP contribution in [0.5, 0.6) is 0 Å². The molecule has 0 aliphatic rings. The van der Waals surface area contributed by atoms with Gasteiger partial charge in [-0.25, -0.2) is 4.98 Å². The van der Waals surface area contributed by atoms with Gasteiger partial charge in [0.25, 0.3) is 0 Å². The average molecular weight is 320 g/mol. The number of amides is 1. The smallest absolute Gasteiger partial charge is 0.238 e. The molecule has 0 bridgehead atoms. The van der Waals surface area contributed by atoms with Crippen molar-refractivity contribution in [1.29, 1.82) is 0 Å². The maximum atomic E-state index is 11.8. The highest BCUT2D eigenvalue weighted by atomic mass is 32.2. The Balaban J connectivity index is 2.10. The zero-order valence-corrected chi connectivity index (χ0v) is 14.3. The largest absolute Gasteiger partial charge is 0.301 e. The van der Waals surface area contributed by atoms with Gasteiger partial charge in [0, 0.05) is 10.9 Å². The van der Waals surface area contributed by atoms with Crippen molar-refractivity contribution in [2.24, 2.45) is 0 Å². The minimum absolute atomic E-state index is 0.00134. The Hall–Kier alpha value is -1.33. The second-order valence-corrected chi connectivity index (χ2v) is 7.22. The van der Waals surface area contributed by atoms with Crippen LogP contribution in [0, 0.1) is 0 Å². The summed E-state index contributed by atoms with van der Waals surface area (Å²) in [5, 5.41) is 5.43. The number of rotatable bonds is 5. The van der Waals surface area contributed by atoms with Crippen molar-refractivity contribution in [2.75, 3.05) is 11.6 Å². The molecular formula is C16H20N2OS2. The minimum atomic E-state index is -0.0670. The first-order valence-corrected chi connectivity index (χ1v) is 9.07. The van der Waals surface area contributed by atoms with E-state index in [2.05, 4.69) is 48.4 Å². The van der Waals surface area contributed by atoms with Crippen molar-refractivity contribution in [3.63, 3.8) is 0 Å². The molecule has 0 saturated heterocycles. The lowest BCUT2D eigenvalue weighted by Gasteiger charge is -2.07. The number of thioether (sulfide) groups is 1. The van der Waals surface area contributed by atoms with Crippen LogP contribution in [0.15, 0.2) is 29.6 Å². The predicted molar refractivity (Wildman–Crippen MR) is 93.2 cm³/mol. The summed E-state index contributed by atoms with van der Waals surface area (Å²) in [5.74, 6) is 0.524.